The van der Waals surface area contributed by atoms with Crippen LogP contribution in [0, 0.1) is 10.1 Å². The number of hydrogen-bond donors (Lipinski definition) is 3. The Hall–Kier alpha value is -3.63. The van der Waals surface area contributed by atoms with Gasteiger partial charge in [0.25, 0.3) is 5.69 Å². The van der Waals surface area contributed by atoms with Gasteiger partial charge in [0, 0.05) is 24.7 Å². The number of alkyl halides is 3. The molecule has 0 aliphatic carbocycles. The van der Waals surface area contributed by atoms with Gasteiger partial charge in [0.2, 0.25) is 5.91 Å². The van der Waals surface area contributed by atoms with Gasteiger partial charge >= 0.3 is 12.2 Å². The van der Waals surface area contributed by atoms with Crippen molar-refractivity contribution in [2.24, 2.45) is 0 Å². The van der Waals surface area contributed by atoms with Crippen LogP contribution in [0.3, 0.4) is 0 Å². The predicted molar refractivity (Wildman–Crippen MR) is 91.5 cm³/mol. The molecule has 8 nitrogen and oxygen atoms in total. The second-order valence-corrected chi connectivity index (χ2v) is 5.33. The Morgan fingerprint density at radius 1 is 1.00 bits per heavy atom. The van der Waals surface area contributed by atoms with Gasteiger partial charge in [-0.05, 0) is 24.3 Å². The molecular formula is C16H13F3N4O4. The fraction of sp³-hybridized carbons (Fsp3) is 0.125. The number of benzene rings is 2. The average Bonchev–Trinajstić information content (AvgIpc) is 2.55. The van der Waals surface area contributed by atoms with Crippen molar-refractivity contribution >= 4 is 34.7 Å². The van der Waals surface area contributed by atoms with Gasteiger partial charge in [-0.25, -0.2) is 4.79 Å². The first-order valence-electron chi connectivity index (χ1n) is 7.37. The number of carbonyl (C=O) groups is 2. The van der Waals surface area contributed by atoms with Crippen molar-refractivity contribution in [3.8, 4) is 0 Å². The van der Waals surface area contributed by atoms with Crippen molar-refractivity contribution in [3.05, 3.63) is 58.1 Å². The van der Waals surface area contributed by atoms with E-state index in [1.165, 1.54) is 19.1 Å². The molecule has 2 aromatic rings. The van der Waals surface area contributed by atoms with Crippen LogP contribution in [0.25, 0.3) is 0 Å². The summed E-state index contributed by atoms with van der Waals surface area (Å²) in [6, 6.07) is 6.45. The van der Waals surface area contributed by atoms with Crippen molar-refractivity contribution in [2.75, 3.05) is 16.0 Å². The van der Waals surface area contributed by atoms with Crippen LogP contribution in [0.4, 0.5) is 40.7 Å². The lowest BCUT2D eigenvalue weighted by Crippen LogP contribution is -2.21. The molecule has 27 heavy (non-hydrogen) atoms. The molecule has 142 valence electrons. The number of anilines is 3. The fourth-order valence-electron chi connectivity index (χ4n) is 2.11. The number of nitro benzene ring substituents is 1. The molecule has 0 saturated heterocycles. The maximum atomic E-state index is 12.7. The van der Waals surface area contributed by atoms with Gasteiger partial charge in [0.05, 0.1) is 21.9 Å². The van der Waals surface area contributed by atoms with Gasteiger partial charge in [-0.15, -0.1) is 0 Å². The lowest BCUT2D eigenvalue weighted by Gasteiger charge is -2.13. The molecule has 0 spiro atoms. The van der Waals surface area contributed by atoms with Crippen molar-refractivity contribution in [3.63, 3.8) is 0 Å². The van der Waals surface area contributed by atoms with Gasteiger partial charge in [-0.3, -0.25) is 14.9 Å². The molecule has 0 bridgehead atoms. The summed E-state index contributed by atoms with van der Waals surface area (Å²) >= 11 is 0. The maximum absolute atomic E-state index is 12.7. The summed E-state index contributed by atoms with van der Waals surface area (Å²) in [7, 11) is 0. The zero-order valence-corrected chi connectivity index (χ0v) is 13.8. The number of nitro groups is 1. The largest absolute Gasteiger partial charge is 0.416 e. The highest BCUT2D eigenvalue weighted by Gasteiger charge is 2.30. The van der Waals surface area contributed by atoms with Crippen LogP contribution in [-0.4, -0.2) is 16.9 Å². The van der Waals surface area contributed by atoms with Gasteiger partial charge in [-0.2, -0.15) is 13.2 Å². The SMILES string of the molecule is CC(=O)Nc1cc([N+](=O)[O-])ccc1NC(=O)Nc1cccc(C(F)(F)F)c1. The van der Waals surface area contributed by atoms with Crippen LogP contribution in [0.15, 0.2) is 42.5 Å². The number of amides is 3. The van der Waals surface area contributed by atoms with E-state index in [4.69, 9.17) is 0 Å². The fourth-order valence-corrected chi connectivity index (χ4v) is 2.11. The van der Waals surface area contributed by atoms with Gasteiger partial charge in [0.1, 0.15) is 0 Å². The smallest absolute Gasteiger partial charge is 0.324 e. The lowest BCUT2D eigenvalue weighted by atomic mass is 10.2. The number of non-ortho nitro benzene ring substituents is 1. The highest BCUT2D eigenvalue weighted by molar-refractivity contribution is 6.04. The second kappa shape index (κ2) is 7.72. The highest BCUT2D eigenvalue weighted by Crippen LogP contribution is 2.31. The summed E-state index contributed by atoms with van der Waals surface area (Å²) in [4.78, 5) is 33.4. The molecule has 0 aromatic heterocycles. The quantitative estimate of drug-likeness (QED) is 0.543. The number of rotatable bonds is 4. The molecule has 3 amide bonds. The van der Waals surface area contributed by atoms with Crippen LogP contribution in [0.2, 0.25) is 0 Å². The van der Waals surface area contributed by atoms with E-state index in [2.05, 4.69) is 16.0 Å². The van der Waals surface area contributed by atoms with Crippen molar-refractivity contribution in [1.29, 1.82) is 0 Å². The number of urea groups is 1. The molecular weight excluding hydrogens is 369 g/mol. The topological polar surface area (TPSA) is 113 Å². The molecule has 2 aromatic carbocycles. The third-order valence-corrected chi connectivity index (χ3v) is 3.22. The number of nitrogens with zero attached hydrogens (tertiary/aromatic N) is 1. The predicted octanol–water partition coefficient (Wildman–Crippen LogP) is 4.22. The minimum Gasteiger partial charge on any atom is -0.324 e. The molecule has 0 radical (unpaired) electrons. The van der Waals surface area contributed by atoms with E-state index in [1.807, 2.05) is 0 Å². The number of halogens is 3. The summed E-state index contributed by atoms with van der Waals surface area (Å²) in [6.07, 6.45) is -4.56. The summed E-state index contributed by atoms with van der Waals surface area (Å²) in [5.41, 5.74) is -1.36. The van der Waals surface area contributed by atoms with Gasteiger partial charge in [-0.1, -0.05) is 6.07 Å². The Kier molecular flexibility index (Phi) is 5.63. The Morgan fingerprint density at radius 2 is 1.70 bits per heavy atom. The van der Waals surface area contributed by atoms with E-state index in [9.17, 15) is 32.9 Å². The molecule has 0 aliphatic rings. The number of hydrogen-bond acceptors (Lipinski definition) is 4. The first-order chi connectivity index (χ1) is 12.6. The highest BCUT2D eigenvalue weighted by atomic mass is 19.4. The minimum atomic E-state index is -4.56. The molecule has 0 fully saturated rings. The summed E-state index contributed by atoms with van der Waals surface area (Å²) < 4.78 is 38.1. The average molecular weight is 382 g/mol. The molecule has 0 atom stereocenters. The molecule has 0 saturated carbocycles. The Labute approximate surface area is 150 Å². The first-order valence-corrected chi connectivity index (χ1v) is 7.37. The minimum absolute atomic E-state index is 0.0280. The number of nitrogens with one attached hydrogen (secondary N) is 3. The molecule has 0 unspecified atom stereocenters. The summed E-state index contributed by atoms with van der Waals surface area (Å²) in [6.45, 7) is 1.17. The van der Waals surface area contributed by atoms with Gasteiger partial charge < -0.3 is 16.0 Å². The Balaban J connectivity index is 2.20. The van der Waals surface area contributed by atoms with E-state index >= 15 is 0 Å². The van der Waals surface area contributed by atoms with Crippen LogP contribution < -0.4 is 16.0 Å². The molecule has 0 aliphatic heterocycles. The summed E-state index contributed by atoms with van der Waals surface area (Å²) in [5.74, 6) is -0.531. The second-order valence-electron chi connectivity index (χ2n) is 5.33. The Morgan fingerprint density at radius 3 is 2.30 bits per heavy atom. The van der Waals surface area contributed by atoms with Crippen LogP contribution in [0.1, 0.15) is 12.5 Å². The Bertz CT molecular complexity index is 899. The number of carbonyl (C=O) groups excluding carboxylic acids is 2. The molecule has 0 heterocycles. The third kappa shape index (κ3) is 5.42. The summed E-state index contributed by atoms with van der Waals surface area (Å²) in [5, 5.41) is 17.7. The van der Waals surface area contributed by atoms with E-state index in [0.717, 1.165) is 30.3 Å². The van der Waals surface area contributed by atoms with Crippen molar-refractivity contribution in [2.45, 2.75) is 13.1 Å². The normalized spacial score (nSPS) is 10.8. The van der Waals surface area contributed by atoms with Crippen LogP contribution in [0.5, 0.6) is 0 Å². The van der Waals surface area contributed by atoms with Gasteiger partial charge in [0.15, 0.2) is 0 Å². The zero-order chi connectivity index (χ0) is 20.2. The van der Waals surface area contributed by atoms with Crippen molar-refractivity contribution < 1.29 is 27.7 Å². The third-order valence-electron chi connectivity index (χ3n) is 3.22. The van der Waals surface area contributed by atoms with E-state index in [-0.39, 0.29) is 22.7 Å². The monoisotopic (exact) mass is 382 g/mol. The van der Waals surface area contributed by atoms with E-state index < -0.39 is 28.6 Å². The lowest BCUT2D eigenvalue weighted by molar-refractivity contribution is -0.384. The maximum Gasteiger partial charge on any atom is 0.416 e. The standard InChI is InChI=1S/C16H13F3N4O4/c1-9(24)20-14-8-12(23(26)27)5-6-13(14)22-15(25)21-11-4-2-3-10(7-11)16(17,18)19/h2-8H,1H3,(H,20,24)(H2,21,22,25). The zero-order valence-electron chi connectivity index (χ0n) is 13.8. The van der Waals surface area contributed by atoms with Crippen LogP contribution >= 0.6 is 0 Å². The molecule has 11 heteroatoms. The molecule has 2 rings (SSSR count). The first kappa shape index (κ1) is 19.7. The van der Waals surface area contributed by atoms with Crippen molar-refractivity contribution in [1.82, 2.24) is 0 Å². The van der Waals surface area contributed by atoms with E-state index in [0.29, 0.717) is 0 Å². The van der Waals surface area contributed by atoms with E-state index in [1.54, 1.807) is 0 Å². The van der Waals surface area contributed by atoms with Crippen LogP contribution in [-0.2, 0) is 11.0 Å². The molecule has 3 N–H and O–H groups in total.